The summed E-state index contributed by atoms with van der Waals surface area (Å²) in [4.78, 5) is 11.7. The van der Waals surface area contributed by atoms with Gasteiger partial charge in [0, 0.05) is 17.1 Å². The van der Waals surface area contributed by atoms with Gasteiger partial charge in [0.1, 0.15) is 17.1 Å². The van der Waals surface area contributed by atoms with Crippen LogP contribution < -0.4 is 5.56 Å². The lowest BCUT2D eigenvalue weighted by molar-refractivity contribution is 0.477. The molecular weight excluding hydrogens is 340 g/mol. The molecule has 2 N–H and O–H groups in total. The summed E-state index contributed by atoms with van der Waals surface area (Å²) in [5.74, 6) is 0.0664. The molecule has 134 valence electrons. The molecule has 0 aliphatic carbocycles. The third-order valence-corrected chi connectivity index (χ3v) is 4.42. The molecule has 0 saturated carbocycles. The summed E-state index contributed by atoms with van der Waals surface area (Å²) in [6.45, 7) is 3.82. The van der Waals surface area contributed by atoms with Crippen molar-refractivity contribution in [3.8, 4) is 11.4 Å². The zero-order chi connectivity index (χ0) is 19.0. The lowest BCUT2D eigenvalue weighted by atomic mass is 10.1. The molecule has 0 radical (unpaired) electrons. The first-order valence-corrected chi connectivity index (χ1v) is 8.55. The number of H-pyrrole nitrogens is 1. The fourth-order valence-electron chi connectivity index (χ4n) is 3.08. The second-order valence-corrected chi connectivity index (χ2v) is 6.44. The van der Waals surface area contributed by atoms with Crippen molar-refractivity contribution in [2.75, 3.05) is 0 Å². The van der Waals surface area contributed by atoms with E-state index in [1.807, 2.05) is 62.4 Å². The molecule has 0 atom stereocenters. The van der Waals surface area contributed by atoms with Crippen molar-refractivity contribution in [1.29, 1.82) is 0 Å². The molecule has 0 unspecified atom stereocenters. The Kier molecular flexibility index (Phi) is 4.08. The normalized spacial score (nSPS) is 11.5. The molecular formula is C21H18N4O2. The van der Waals surface area contributed by atoms with Gasteiger partial charge in [0.15, 0.2) is 0 Å². The molecule has 27 heavy (non-hydrogen) atoms. The van der Waals surface area contributed by atoms with Gasteiger partial charge in [0.05, 0.1) is 5.69 Å². The van der Waals surface area contributed by atoms with E-state index in [0.717, 1.165) is 27.7 Å². The van der Waals surface area contributed by atoms with Gasteiger partial charge in [-0.05, 0) is 43.0 Å². The molecule has 0 amide bonds. The number of benzene rings is 3. The lowest BCUT2D eigenvalue weighted by Gasteiger charge is -2.10. The van der Waals surface area contributed by atoms with Crippen LogP contribution >= 0.6 is 0 Å². The quantitative estimate of drug-likeness (QED) is 0.502. The Hall–Kier alpha value is -3.67. The van der Waals surface area contributed by atoms with E-state index in [-0.39, 0.29) is 11.3 Å². The van der Waals surface area contributed by atoms with Crippen LogP contribution in [0.5, 0.6) is 5.75 Å². The number of phenolic OH excluding ortho intramolecular Hbond substituents is 1. The highest BCUT2D eigenvalue weighted by atomic mass is 16.3. The summed E-state index contributed by atoms with van der Waals surface area (Å²) in [6, 6.07) is 18.4. The van der Waals surface area contributed by atoms with Gasteiger partial charge in [-0.25, -0.2) is 0 Å². The number of azo groups is 1. The summed E-state index contributed by atoms with van der Waals surface area (Å²) >= 11 is 0. The summed E-state index contributed by atoms with van der Waals surface area (Å²) in [6.07, 6.45) is 0. The van der Waals surface area contributed by atoms with Gasteiger partial charge < -0.3 is 5.11 Å². The van der Waals surface area contributed by atoms with E-state index in [2.05, 4.69) is 15.3 Å². The van der Waals surface area contributed by atoms with E-state index in [1.165, 1.54) is 6.07 Å². The minimum Gasteiger partial charge on any atom is -0.506 e. The third-order valence-electron chi connectivity index (χ3n) is 4.42. The standard InChI is InChI=1S/C21H18N4O2/c1-13-7-9-17(18(11-13)25-14(2)12-20(27)24-25)22-23-21-16-6-4-3-5-15(16)8-10-19(21)26/h3-12,26H,1-2H3,(H,24,27). The Labute approximate surface area is 155 Å². The summed E-state index contributed by atoms with van der Waals surface area (Å²) in [5, 5.41) is 23.5. The molecule has 4 rings (SSSR count). The van der Waals surface area contributed by atoms with Crippen molar-refractivity contribution in [2.45, 2.75) is 13.8 Å². The van der Waals surface area contributed by atoms with E-state index >= 15 is 0 Å². The number of aromatic hydroxyl groups is 1. The van der Waals surface area contributed by atoms with E-state index in [1.54, 1.807) is 10.7 Å². The van der Waals surface area contributed by atoms with Gasteiger partial charge in [-0.1, -0.05) is 36.4 Å². The largest absolute Gasteiger partial charge is 0.506 e. The number of aryl methyl sites for hydroxylation is 2. The first-order valence-electron chi connectivity index (χ1n) is 8.55. The molecule has 1 aromatic heterocycles. The minimum atomic E-state index is -0.177. The monoisotopic (exact) mass is 358 g/mol. The smallest absolute Gasteiger partial charge is 0.264 e. The van der Waals surface area contributed by atoms with E-state index < -0.39 is 0 Å². The SMILES string of the molecule is Cc1ccc(N=Nc2c(O)ccc3ccccc23)c(-n2[nH]c(=O)cc2C)c1. The number of nitrogens with zero attached hydrogens (tertiary/aromatic N) is 3. The zero-order valence-corrected chi connectivity index (χ0v) is 15.0. The highest BCUT2D eigenvalue weighted by Crippen LogP contribution is 2.36. The van der Waals surface area contributed by atoms with Gasteiger partial charge >= 0.3 is 0 Å². The van der Waals surface area contributed by atoms with Crippen molar-refractivity contribution in [3.63, 3.8) is 0 Å². The summed E-state index contributed by atoms with van der Waals surface area (Å²) in [5.41, 5.74) is 3.35. The molecule has 0 saturated heterocycles. The Morgan fingerprint density at radius 2 is 1.78 bits per heavy atom. The molecule has 0 aliphatic rings. The van der Waals surface area contributed by atoms with Crippen molar-refractivity contribution < 1.29 is 5.11 Å². The minimum absolute atomic E-state index is 0.0664. The van der Waals surface area contributed by atoms with Crippen molar-refractivity contribution in [3.05, 3.63) is 82.3 Å². The number of hydrogen-bond donors (Lipinski definition) is 2. The first kappa shape index (κ1) is 16.8. The Bertz CT molecular complexity index is 1230. The maximum absolute atomic E-state index is 11.7. The maximum atomic E-state index is 11.7. The number of aromatic amines is 1. The van der Waals surface area contributed by atoms with Gasteiger partial charge in [-0.15, -0.1) is 10.2 Å². The number of nitrogens with one attached hydrogen (secondary N) is 1. The molecule has 0 spiro atoms. The fraction of sp³-hybridized carbons (Fsp3) is 0.0952. The van der Waals surface area contributed by atoms with Crippen LogP contribution in [0.25, 0.3) is 16.5 Å². The van der Waals surface area contributed by atoms with Crippen LogP contribution in [-0.4, -0.2) is 14.9 Å². The van der Waals surface area contributed by atoms with E-state index in [4.69, 9.17) is 0 Å². The summed E-state index contributed by atoms with van der Waals surface area (Å²) < 4.78 is 1.69. The Balaban J connectivity index is 1.86. The predicted molar refractivity (Wildman–Crippen MR) is 106 cm³/mol. The predicted octanol–water partition coefficient (Wildman–Crippen LogP) is 5.06. The maximum Gasteiger partial charge on any atom is 0.264 e. The van der Waals surface area contributed by atoms with Crippen LogP contribution in [0.3, 0.4) is 0 Å². The third kappa shape index (κ3) is 3.13. The zero-order valence-electron chi connectivity index (χ0n) is 15.0. The van der Waals surface area contributed by atoms with Gasteiger partial charge in [0.25, 0.3) is 5.56 Å². The van der Waals surface area contributed by atoms with Crippen molar-refractivity contribution in [1.82, 2.24) is 9.78 Å². The second-order valence-electron chi connectivity index (χ2n) is 6.44. The van der Waals surface area contributed by atoms with Crippen molar-refractivity contribution >= 4 is 22.1 Å². The molecule has 1 heterocycles. The first-order chi connectivity index (χ1) is 13.0. The highest BCUT2D eigenvalue weighted by Gasteiger charge is 2.10. The number of phenols is 1. The molecule has 6 nitrogen and oxygen atoms in total. The highest BCUT2D eigenvalue weighted by molar-refractivity contribution is 5.95. The second kappa shape index (κ2) is 6.57. The average Bonchev–Trinajstić information content (AvgIpc) is 3.00. The Morgan fingerprint density at radius 1 is 0.963 bits per heavy atom. The van der Waals surface area contributed by atoms with Crippen molar-refractivity contribution in [2.24, 2.45) is 10.2 Å². The lowest BCUT2D eigenvalue weighted by Crippen LogP contribution is -2.04. The van der Waals surface area contributed by atoms with Crippen LogP contribution in [0, 0.1) is 13.8 Å². The average molecular weight is 358 g/mol. The molecule has 0 fully saturated rings. The topological polar surface area (TPSA) is 82.7 Å². The fourth-order valence-corrected chi connectivity index (χ4v) is 3.08. The van der Waals surface area contributed by atoms with Gasteiger partial charge in [-0.2, -0.15) is 0 Å². The molecule has 6 heteroatoms. The van der Waals surface area contributed by atoms with Crippen LogP contribution in [0.1, 0.15) is 11.3 Å². The molecule has 0 aliphatic heterocycles. The molecule has 0 bridgehead atoms. The van der Waals surface area contributed by atoms with Crippen LogP contribution in [0.2, 0.25) is 0 Å². The number of rotatable bonds is 3. The van der Waals surface area contributed by atoms with Crippen LogP contribution in [-0.2, 0) is 0 Å². The number of aromatic nitrogens is 2. The van der Waals surface area contributed by atoms with Crippen LogP contribution in [0.4, 0.5) is 11.4 Å². The number of fused-ring (bicyclic) bond motifs is 1. The van der Waals surface area contributed by atoms with Crippen LogP contribution in [0.15, 0.2) is 75.7 Å². The van der Waals surface area contributed by atoms with E-state index in [0.29, 0.717) is 11.4 Å². The van der Waals surface area contributed by atoms with E-state index in [9.17, 15) is 9.90 Å². The number of hydrogen-bond acceptors (Lipinski definition) is 4. The molecule has 3 aromatic carbocycles. The molecule has 4 aromatic rings. The van der Waals surface area contributed by atoms with Gasteiger partial charge in [-0.3, -0.25) is 14.6 Å². The summed E-state index contributed by atoms with van der Waals surface area (Å²) in [7, 11) is 0. The van der Waals surface area contributed by atoms with Gasteiger partial charge in [0.2, 0.25) is 0 Å². The Morgan fingerprint density at radius 3 is 2.56 bits per heavy atom.